The SMILES string of the molecule is CCOC(=O)C(O)Cc1ccc2cccc([N+](=O)[O-])c2n1. The number of nitro benzene ring substituents is 1. The van der Waals surface area contributed by atoms with Crippen molar-refractivity contribution < 1.29 is 19.6 Å². The van der Waals surface area contributed by atoms with Crippen LogP contribution < -0.4 is 0 Å². The molecule has 21 heavy (non-hydrogen) atoms. The van der Waals surface area contributed by atoms with Crippen molar-refractivity contribution in [3.63, 3.8) is 0 Å². The van der Waals surface area contributed by atoms with Gasteiger partial charge in [0, 0.05) is 23.6 Å². The number of fused-ring (bicyclic) bond motifs is 1. The van der Waals surface area contributed by atoms with Crippen molar-refractivity contribution in [3.8, 4) is 0 Å². The smallest absolute Gasteiger partial charge is 0.335 e. The van der Waals surface area contributed by atoms with E-state index in [1.54, 1.807) is 31.2 Å². The van der Waals surface area contributed by atoms with Gasteiger partial charge >= 0.3 is 5.97 Å². The maximum absolute atomic E-state index is 11.4. The number of rotatable bonds is 5. The third-order valence-electron chi connectivity index (χ3n) is 2.91. The van der Waals surface area contributed by atoms with Gasteiger partial charge in [-0.3, -0.25) is 10.1 Å². The van der Waals surface area contributed by atoms with E-state index >= 15 is 0 Å². The van der Waals surface area contributed by atoms with E-state index in [2.05, 4.69) is 4.98 Å². The van der Waals surface area contributed by atoms with Crippen LogP contribution in [0.1, 0.15) is 12.6 Å². The number of aliphatic hydroxyl groups excluding tert-OH is 1. The summed E-state index contributed by atoms with van der Waals surface area (Å²) in [6.07, 6.45) is -1.39. The number of para-hydroxylation sites is 1. The number of benzene rings is 1. The zero-order chi connectivity index (χ0) is 15.4. The highest BCUT2D eigenvalue weighted by Crippen LogP contribution is 2.23. The first-order valence-electron chi connectivity index (χ1n) is 6.40. The third-order valence-corrected chi connectivity index (χ3v) is 2.91. The fourth-order valence-electron chi connectivity index (χ4n) is 1.95. The Bertz CT molecular complexity index is 686. The Morgan fingerprint density at radius 1 is 1.43 bits per heavy atom. The van der Waals surface area contributed by atoms with Gasteiger partial charge in [0.05, 0.1) is 11.5 Å². The molecule has 0 aliphatic carbocycles. The van der Waals surface area contributed by atoms with Gasteiger partial charge in [-0.05, 0) is 13.0 Å². The van der Waals surface area contributed by atoms with Crippen LogP contribution in [0, 0.1) is 10.1 Å². The lowest BCUT2D eigenvalue weighted by atomic mass is 10.1. The summed E-state index contributed by atoms with van der Waals surface area (Å²) in [5.41, 5.74) is 0.508. The lowest BCUT2D eigenvalue weighted by Crippen LogP contribution is -2.25. The Morgan fingerprint density at radius 2 is 2.19 bits per heavy atom. The average molecular weight is 290 g/mol. The molecule has 1 unspecified atom stereocenters. The van der Waals surface area contributed by atoms with Gasteiger partial charge in [-0.2, -0.15) is 0 Å². The van der Waals surface area contributed by atoms with E-state index in [-0.39, 0.29) is 24.2 Å². The van der Waals surface area contributed by atoms with E-state index in [4.69, 9.17) is 4.74 Å². The van der Waals surface area contributed by atoms with Crippen LogP contribution in [0.4, 0.5) is 5.69 Å². The lowest BCUT2D eigenvalue weighted by molar-refractivity contribution is -0.383. The summed E-state index contributed by atoms with van der Waals surface area (Å²) in [5, 5.41) is 21.3. The van der Waals surface area contributed by atoms with Crippen LogP contribution >= 0.6 is 0 Å². The molecule has 2 aromatic rings. The highest BCUT2D eigenvalue weighted by Gasteiger charge is 2.19. The maximum atomic E-state index is 11.4. The van der Waals surface area contributed by atoms with Crippen LogP contribution in [0.15, 0.2) is 30.3 Å². The monoisotopic (exact) mass is 290 g/mol. The Labute approximate surface area is 120 Å². The molecule has 0 fully saturated rings. The van der Waals surface area contributed by atoms with E-state index in [0.717, 1.165) is 0 Å². The van der Waals surface area contributed by atoms with E-state index in [9.17, 15) is 20.0 Å². The second kappa shape index (κ2) is 6.27. The Balaban J connectivity index is 2.32. The molecule has 0 saturated heterocycles. The van der Waals surface area contributed by atoms with Crippen LogP contribution in [0.2, 0.25) is 0 Å². The number of pyridine rings is 1. The predicted molar refractivity (Wildman–Crippen MR) is 74.7 cm³/mol. The molecule has 1 aromatic carbocycles. The molecule has 1 N–H and O–H groups in total. The van der Waals surface area contributed by atoms with Crippen molar-refractivity contribution in [3.05, 3.63) is 46.1 Å². The number of hydrogen-bond donors (Lipinski definition) is 1. The van der Waals surface area contributed by atoms with E-state index < -0.39 is 17.0 Å². The van der Waals surface area contributed by atoms with Crippen LogP contribution in [-0.2, 0) is 16.0 Å². The van der Waals surface area contributed by atoms with Gasteiger partial charge in [-0.1, -0.05) is 18.2 Å². The summed E-state index contributed by atoms with van der Waals surface area (Å²) in [7, 11) is 0. The number of nitrogens with zero attached hydrogens (tertiary/aromatic N) is 2. The zero-order valence-corrected chi connectivity index (χ0v) is 11.4. The second-order valence-electron chi connectivity index (χ2n) is 4.38. The normalized spacial score (nSPS) is 12.1. The number of carbonyl (C=O) groups is 1. The molecule has 110 valence electrons. The molecule has 0 radical (unpaired) electrons. The molecule has 0 aliphatic rings. The molecule has 0 aliphatic heterocycles. The topological polar surface area (TPSA) is 103 Å². The minimum absolute atomic E-state index is 0.0547. The number of hydrogen-bond acceptors (Lipinski definition) is 6. The first kappa shape index (κ1) is 14.9. The third kappa shape index (κ3) is 3.32. The summed E-state index contributed by atoms with van der Waals surface area (Å²) < 4.78 is 4.70. The fourth-order valence-corrected chi connectivity index (χ4v) is 1.95. The van der Waals surface area contributed by atoms with Gasteiger partial charge in [-0.15, -0.1) is 0 Å². The first-order chi connectivity index (χ1) is 10.0. The van der Waals surface area contributed by atoms with E-state index in [1.807, 2.05) is 0 Å². The first-order valence-corrected chi connectivity index (χ1v) is 6.40. The van der Waals surface area contributed by atoms with Crippen molar-refractivity contribution in [1.29, 1.82) is 0 Å². The van der Waals surface area contributed by atoms with Gasteiger partial charge in [-0.25, -0.2) is 9.78 Å². The van der Waals surface area contributed by atoms with Crippen molar-refractivity contribution in [1.82, 2.24) is 4.98 Å². The van der Waals surface area contributed by atoms with Crippen molar-refractivity contribution in [2.45, 2.75) is 19.4 Å². The number of non-ortho nitro benzene ring substituents is 1. The molecule has 0 saturated carbocycles. The minimum Gasteiger partial charge on any atom is -0.464 e. The maximum Gasteiger partial charge on any atom is 0.335 e. The summed E-state index contributed by atoms with van der Waals surface area (Å²) in [6.45, 7) is 1.81. The van der Waals surface area contributed by atoms with Crippen LogP contribution in [0.25, 0.3) is 10.9 Å². The number of esters is 1. The van der Waals surface area contributed by atoms with E-state index in [1.165, 1.54) is 6.07 Å². The molecule has 1 aromatic heterocycles. The molecule has 1 atom stereocenters. The highest BCUT2D eigenvalue weighted by molar-refractivity contribution is 5.87. The Kier molecular flexibility index (Phi) is 4.44. The summed E-state index contributed by atoms with van der Waals surface area (Å²) >= 11 is 0. The molecule has 0 amide bonds. The van der Waals surface area contributed by atoms with Gasteiger partial charge < -0.3 is 9.84 Å². The van der Waals surface area contributed by atoms with Crippen LogP contribution in [-0.4, -0.2) is 33.7 Å². The predicted octanol–water partition coefficient (Wildman–Crippen LogP) is 1.61. The van der Waals surface area contributed by atoms with Crippen molar-refractivity contribution in [2.24, 2.45) is 0 Å². The van der Waals surface area contributed by atoms with Crippen LogP contribution in [0.5, 0.6) is 0 Å². The van der Waals surface area contributed by atoms with E-state index in [0.29, 0.717) is 11.1 Å². The second-order valence-corrected chi connectivity index (χ2v) is 4.38. The number of ether oxygens (including phenoxy) is 1. The van der Waals surface area contributed by atoms with Gasteiger partial charge in [0.2, 0.25) is 0 Å². The van der Waals surface area contributed by atoms with Crippen molar-refractivity contribution in [2.75, 3.05) is 6.61 Å². The van der Waals surface area contributed by atoms with Crippen LogP contribution in [0.3, 0.4) is 0 Å². The summed E-state index contributed by atoms with van der Waals surface area (Å²) in [6, 6.07) is 7.94. The molecule has 0 bridgehead atoms. The largest absolute Gasteiger partial charge is 0.464 e. The highest BCUT2D eigenvalue weighted by atomic mass is 16.6. The van der Waals surface area contributed by atoms with Gasteiger partial charge in [0.15, 0.2) is 6.10 Å². The fraction of sp³-hybridized carbons (Fsp3) is 0.286. The molecule has 1 heterocycles. The molecule has 7 nitrogen and oxygen atoms in total. The van der Waals surface area contributed by atoms with Crippen molar-refractivity contribution >= 4 is 22.6 Å². The number of aliphatic hydroxyl groups is 1. The molecular formula is C14H14N2O5. The van der Waals surface area contributed by atoms with Gasteiger partial charge in [0.1, 0.15) is 5.52 Å². The molecular weight excluding hydrogens is 276 g/mol. The lowest BCUT2D eigenvalue weighted by Gasteiger charge is -2.09. The quantitative estimate of drug-likeness (QED) is 0.510. The number of carbonyl (C=O) groups excluding carboxylic acids is 1. The number of nitro groups is 1. The summed E-state index contributed by atoms with van der Waals surface area (Å²) in [4.78, 5) is 26.0. The molecule has 2 rings (SSSR count). The summed E-state index contributed by atoms with van der Waals surface area (Å²) in [5.74, 6) is -0.734. The zero-order valence-electron chi connectivity index (χ0n) is 11.4. The standard InChI is InChI=1S/C14H14N2O5/c1-2-21-14(18)12(17)8-10-7-6-9-4-3-5-11(16(19)20)13(9)15-10/h3-7,12,17H,2,8H2,1H3. The molecule has 0 spiro atoms. The van der Waals surface area contributed by atoms with Gasteiger partial charge in [0.25, 0.3) is 5.69 Å². The minimum atomic E-state index is -1.34. The average Bonchev–Trinajstić information content (AvgIpc) is 2.46. The molecule has 7 heteroatoms. The Hall–Kier alpha value is -2.54. The Morgan fingerprint density at radius 3 is 2.86 bits per heavy atom. The number of aromatic nitrogens is 1.